The van der Waals surface area contributed by atoms with Crippen LogP contribution in [-0.4, -0.2) is 39.3 Å². The van der Waals surface area contributed by atoms with Gasteiger partial charge < -0.3 is 15.8 Å². The van der Waals surface area contributed by atoms with Gasteiger partial charge in [-0.3, -0.25) is 4.21 Å². The molecule has 102 valence electrons. The molecule has 0 fully saturated rings. The van der Waals surface area contributed by atoms with Crippen LogP contribution in [0.2, 0.25) is 0 Å². The molecule has 1 rings (SSSR count). The molecule has 1 aromatic heterocycles. The number of nitrogens with zero attached hydrogens (tertiary/aromatic N) is 2. The molecule has 0 saturated heterocycles. The quantitative estimate of drug-likeness (QED) is 0.680. The topological polar surface area (TPSA) is 90.1 Å². The van der Waals surface area contributed by atoms with Crippen LogP contribution in [0, 0.1) is 0 Å². The van der Waals surface area contributed by atoms with Crippen LogP contribution in [0.15, 0.2) is 6.07 Å². The molecule has 0 bridgehead atoms. The molecule has 3 N–H and O–H groups in total. The van der Waals surface area contributed by atoms with Gasteiger partial charge in [-0.05, 0) is 13.3 Å². The lowest BCUT2D eigenvalue weighted by atomic mass is 10.4. The Bertz CT molecular complexity index is 401. The van der Waals surface area contributed by atoms with E-state index >= 15 is 0 Å². The van der Waals surface area contributed by atoms with E-state index in [4.69, 9.17) is 10.5 Å². The van der Waals surface area contributed by atoms with Gasteiger partial charge in [-0.2, -0.15) is 0 Å². The second kappa shape index (κ2) is 7.99. The normalized spacial score (nSPS) is 12.3. The fourth-order valence-corrected chi connectivity index (χ4v) is 1.91. The summed E-state index contributed by atoms with van der Waals surface area (Å²) in [5.74, 6) is 2.35. The van der Waals surface area contributed by atoms with Gasteiger partial charge in [0.1, 0.15) is 18.2 Å². The lowest BCUT2D eigenvalue weighted by molar-refractivity contribution is 0.128. The van der Waals surface area contributed by atoms with E-state index < -0.39 is 10.8 Å². The van der Waals surface area contributed by atoms with Crippen molar-refractivity contribution in [3.63, 3.8) is 0 Å². The standard InChI is InChI=1S/C11H20N4O2S/c1-3-17-8-11-14-9(12)7-10(15-11)13-5-4-6-18(2)16/h7H,3-6,8H2,1-2H3,(H3,12,13,14,15). The second-order valence-electron chi connectivity index (χ2n) is 3.79. The van der Waals surface area contributed by atoms with E-state index in [0.29, 0.717) is 43.0 Å². The maximum Gasteiger partial charge on any atom is 0.158 e. The number of nitrogen functional groups attached to an aromatic ring is 1. The molecule has 0 radical (unpaired) electrons. The fraction of sp³-hybridized carbons (Fsp3) is 0.636. The number of ether oxygens (including phenoxy) is 1. The first-order chi connectivity index (χ1) is 8.61. The molecule has 1 unspecified atom stereocenters. The van der Waals surface area contributed by atoms with Gasteiger partial charge in [0.05, 0.1) is 0 Å². The smallest absolute Gasteiger partial charge is 0.158 e. The van der Waals surface area contributed by atoms with Crippen LogP contribution in [0.3, 0.4) is 0 Å². The molecule has 0 aromatic carbocycles. The van der Waals surface area contributed by atoms with Gasteiger partial charge in [0.2, 0.25) is 0 Å². The Morgan fingerprint density at radius 1 is 1.50 bits per heavy atom. The van der Waals surface area contributed by atoms with Crippen molar-refractivity contribution in [1.29, 1.82) is 0 Å². The van der Waals surface area contributed by atoms with Crippen molar-refractivity contribution in [3.8, 4) is 0 Å². The summed E-state index contributed by atoms with van der Waals surface area (Å²) in [6.45, 7) is 3.60. The first kappa shape index (κ1) is 14.8. The predicted molar refractivity (Wildman–Crippen MR) is 73.8 cm³/mol. The van der Waals surface area contributed by atoms with Gasteiger partial charge in [-0.25, -0.2) is 9.97 Å². The van der Waals surface area contributed by atoms with Crippen LogP contribution < -0.4 is 11.1 Å². The molecular weight excluding hydrogens is 252 g/mol. The first-order valence-corrected chi connectivity index (χ1v) is 7.59. The molecule has 1 atom stereocenters. The van der Waals surface area contributed by atoms with Crippen LogP contribution in [-0.2, 0) is 22.1 Å². The Balaban J connectivity index is 2.48. The minimum Gasteiger partial charge on any atom is -0.384 e. The van der Waals surface area contributed by atoms with Crippen LogP contribution in [0.4, 0.5) is 11.6 Å². The van der Waals surface area contributed by atoms with E-state index in [1.807, 2.05) is 6.92 Å². The molecule has 0 saturated carbocycles. The van der Waals surface area contributed by atoms with Crippen molar-refractivity contribution in [2.75, 3.05) is 36.2 Å². The lowest BCUT2D eigenvalue weighted by Gasteiger charge is -2.08. The van der Waals surface area contributed by atoms with E-state index in [2.05, 4.69) is 15.3 Å². The molecule has 0 aliphatic heterocycles. The summed E-state index contributed by atoms with van der Waals surface area (Å²) in [4.78, 5) is 8.37. The average Bonchev–Trinajstić information content (AvgIpc) is 2.31. The summed E-state index contributed by atoms with van der Waals surface area (Å²) in [6, 6.07) is 1.68. The zero-order valence-electron chi connectivity index (χ0n) is 10.8. The summed E-state index contributed by atoms with van der Waals surface area (Å²) in [7, 11) is -0.754. The van der Waals surface area contributed by atoms with Crippen molar-refractivity contribution >= 4 is 22.4 Å². The van der Waals surface area contributed by atoms with Crippen LogP contribution >= 0.6 is 0 Å². The van der Waals surface area contributed by atoms with Crippen LogP contribution in [0.25, 0.3) is 0 Å². The number of aromatic nitrogens is 2. The molecule has 0 aliphatic rings. The summed E-state index contributed by atoms with van der Waals surface area (Å²) in [6.07, 6.45) is 2.52. The van der Waals surface area contributed by atoms with E-state index in [-0.39, 0.29) is 0 Å². The van der Waals surface area contributed by atoms with Crippen LogP contribution in [0.1, 0.15) is 19.2 Å². The first-order valence-electron chi connectivity index (χ1n) is 5.87. The molecular formula is C11H20N4O2S. The SMILES string of the molecule is CCOCc1nc(N)cc(NCCCS(C)=O)n1. The number of anilines is 2. The highest BCUT2D eigenvalue weighted by molar-refractivity contribution is 7.84. The van der Waals surface area contributed by atoms with Crippen molar-refractivity contribution in [2.24, 2.45) is 0 Å². The number of hydrogen-bond acceptors (Lipinski definition) is 6. The number of hydrogen-bond donors (Lipinski definition) is 2. The third-order valence-corrected chi connectivity index (χ3v) is 3.01. The fourth-order valence-electron chi connectivity index (χ4n) is 1.36. The zero-order valence-corrected chi connectivity index (χ0v) is 11.6. The van der Waals surface area contributed by atoms with Gasteiger partial charge in [-0.15, -0.1) is 0 Å². The second-order valence-corrected chi connectivity index (χ2v) is 5.34. The van der Waals surface area contributed by atoms with Gasteiger partial charge in [0, 0.05) is 42.0 Å². The van der Waals surface area contributed by atoms with Gasteiger partial charge in [-0.1, -0.05) is 0 Å². The van der Waals surface area contributed by atoms with Gasteiger partial charge in [0.25, 0.3) is 0 Å². The van der Waals surface area contributed by atoms with Gasteiger partial charge in [0.15, 0.2) is 5.82 Å². The Kier molecular flexibility index (Phi) is 6.59. The maximum atomic E-state index is 10.9. The maximum absolute atomic E-state index is 10.9. The van der Waals surface area contributed by atoms with E-state index in [0.717, 1.165) is 6.42 Å². The highest BCUT2D eigenvalue weighted by Gasteiger charge is 2.02. The molecule has 0 spiro atoms. The molecule has 0 amide bonds. The summed E-state index contributed by atoms with van der Waals surface area (Å²) in [5, 5.41) is 3.14. The Morgan fingerprint density at radius 3 is 2.94 bits per heavy atom. The molecule has 1 aromatic rings. The largest absolute Gasteiger partial charge is 0.384 e. The molecule has 7 heteroatoms. The molecule has 1 heterocycles. The Morgan fingerprint density at radius 2 is 2.28 bits per heavy atom. The number of nitrogens with one attached hydrogen (secondary N) is 1. The van der Waals surface area contributed by atoms with E-state index in [1.54, 1.807) is 12.3 Å². The minimum atomic E-state index is -0.754. The van der Waals surface area contributed by atoms with Crippen molar-refractivity contribution < 1.29 is 8.95 Å². The predicted octanol–water partition coefficient (Wildman–Crippen LogP) is 0.776. The zero-order chi connectivity index (χ0) is 13.4. The van der Waals surface area contributed by atoms with Crippen molar-refractivity contribution in [2.45, 2.75) is 20.0 Å². The van der Waals surface area contributed by atoms with Crippen LogP contribution in [0.5, 0.6) is 0 Å². The Hall–Kier alpha value is -1.21. The minimum absolute atomic E-state index is 0.356. The highest BCUT2D eigenvalue weighted by Crippen LogP contribution is 2.09. The monoisotopic (exact) mass is 272 g/mol. The highest BCUT2D eigenvalue weighted by atomic mass is 32.2. The molecule has 0 aliphatic carbocycles. The third kappa shape index (κ3) is 5.92. The van der Waals surface area contributed by atoms with Crippen molar-refractivity contribution in [3.05, 3.63) is 11.9 Å². The number of rotatable bonds is 8. The molecule has 6 nitrogen and oxygen atoms in total. The van der Waals surface area contributed by atoms with E-state index in [9.17, 15) is 4.21 Å². The lowest BCUT2D eigenvalue weighted by Crippen LogP contribution is -2.10. The van der Waals surface area contributed by atoms with E-state index in [1.165, 1.54) is 0 Å². The third-order valence-electron chi connectivity index (χ3n) is 2.14. The number of nitrogens with two attached hydrogens (primary N) is 1. The van der Waals surface area contributed by atoms with Gasteiger partial charge >= 0.3 is 0 Å². The summed E-state index contributed by atoms with van der Waals surface area (Å²) >= 11 is 0. The summed E-state index contributed by atoms with van der Waals surface area (Å²) < 4.78 is 16.1. The van der Waals surface area contributed by atoms with Crippen molar-refractivity contribution in [1.82, 2.24) is 9.97 Å². The average molecular weight is 272 g/mol. The summed E-state index contributed by atoms with van der Waals surface area (Å²) in [5.41, 5.74) is 5.69. The Labute approximate surface area is 110 Å². The molecule has 18 heavy (non-hydrogen) atoms.